The number of ether oxygens (including phenoxy) is 2. The van der Waals surface area contributed by atoms with Crippen LogP contribution in [-0.4, -0.2) is 67.5 Å². The Hall–Kier alpha value is -3.56. The molecule has 27 heavy (non-hydrogen) atoms. The van der Waals surface area contributed by atoms with Crippen LogP contribution in [-0.2, 0) is 0 Å². The average molecular weight is 367 g/mol. The summed E-state index contributed by atoms with van der Waals surface area (Å²) in [6.07, 6.45) is 2.09. The lowest BCUT2D eigenvalue weighted by molar-refractivity contribution is 0.0771. The molecule has 10 heteroatoms. The van der Waals surface area contributed by atoms with Crippen molar-refractivity contribution in [3.8, 4) is 17.4 Å². The van der Waals surface area contributed by atoms with Crippen molar-refractivity contribution in [2.75, 3.05) is 20.2 Å². The molecule has 0 N–H and O–H groups in total. The van der Waals surface area contributed by atoms with E-state index in [-0.39, 0.29) is 12.0 Å². The van der Waals surface area contributed by atoms with Crippen LogP contribution in [0.4, 0.5) is 0 Å². The van der Waals surface area contributed by atoms with Crippen LogP contribution < -0.4 is 9.47 Å². The topological polar surface area (TPSA) is 108 Å². The number of carbonyl (C=O) groups excluding carboxylic acids is 1. The molecule has 10 nitrogen and oxygen atoms in total. The van der Waals surface area contributed by atoms with Gasteiger partial charge in [0.05, 0.1) is 19.3 Å². The van der Waals surface area contributed by atoms with Gasteiger partial charge in [-0.25, -0.2) is 4.68 Å². The van der Waals surface area contributed by atoms with E-state index in [9.17, 15) is 4.79 Å². The van der Waals surface area contributed by atoms with Gasteiger partial charge >= 0.3 is 0 Å². The molecule has 138 valence electrons. The molecule has 1 unspecified atom stereocenters. The van der Waals surface area contributed by atoms with E-state index in [4.69, 9.17) is 9.47 Å². The summed E-state index contributed by atoms with van der Waals surface area (Å²) in [6, 6.07) is 10.6. The van der Waals surface area contributed by atoms with E-state index in [1.807, 2.05) is 6.07 Å². The Morgan fingerprint density at radius 2 is 2.04 bits per heavy atom. The summed E-state index contributed by atoms with van der Waals surface area (Å²) in [5, 5.41) is 18.9. The van der Waals surface area contributed by atoms with Gasteiger partial charge in [-0.2, -0.15) is 0 Å². The predicted molar refractivity (Wildman–Crippen MR) is 92.7 cm³/mol. The fourth-order valence-corrected chi connectivity index (χ4v) is 2.90. The van der Waals surface area contributed by atoms with Gasteiger partial charge in [0.15, 0.2) is 0 Å². The average Bonchev–Trinajstić information content (AvgIpc) is 3.40. The first kappa shape index (κ1) is 16.9. The molecule has 1 aliphatic heterocycles. The number of methoxy groups -OCH3 is 1. The Balaban J connectivity index is 1.41. The van der Waals surface area contributed by atoms with Crippen LogP contribution in [0.1, 0.15) is 16.8 Å². The van der Waals surface area contributed by atoms with Crippen molar-refractivity contribution < 1.29 is 14.3 Å². The highest BCUT2D eigenvalue weighted by Gasteiger charge is 2.28. The second-order valence-corrected chi connectivity index (χ2v) is 6.00. The molecule has 0 spiro atoms. The predicted octanol–water partition coefficient (Wildman–Crippen LogP) is 0.754. The maximum atomic E-state index is 12.8. The molecular weight excluding hydrogens is 350 g/mol. The third kappa shape index (κ3) is 3.68. The van der Waals surface area contributed by atoms with Gasteiger partial charge in [0, 0.05) is 30.7 Å². The van der Waals surface area contributed by atoms with Crippen molar-refractivity contribution in [1.29, 1.82) is 0 Å². The van der Waals surface area contributed by atoms with E-state index in [0.717, 1.165) is 12.1 Å². The number of aromatic nitrogens is 6. The van der Waals surface area contributed by atoms with Crippen molar-refractivity contribution in [3.63, 3.8) is 0 Å². The van der Waals surface area contributed by atoms with Crippen molar-refractivity contribution >= 4 is 5.91 Å². The molecule has 1 aliphatic rings. The van der Waals surface area contributed by atoms with Crippen molar-refractivity contribution in [3.05, 3.63) is 48.3 Å². The minimum Gasteiger partial charge on any atom is -0.480 e. The Labute approximate surface area is 154 Å². The molecule has 0 radical (unpaired) electrons. The van der Waals surface area contributed by atoms with Gasteiger partial charge in [-0.15, -0.1) is 15.3 Å². The molecule has 4 rings (SSSR count). The summed E-state index contributed by atoms with van der Waals surface area (Å²) < 4.78 is 12.3. The van der Waals surface area contributed by atoms with Gasteiger partial charge in [0.25, 0.3) is 5.91 Å². The van der Waals surface area contributed by atoms with Gasteiger partial charge in [-0.05, 0) is 28.6 Å². The van der Waals surface area contributed by atoms with E-state index < -0.39 is 0 Å². The van der Waals surface area contributed by atoms with E-state index in [2.05, 4.69) is 25.7 Å². The molecule has 3 aromatic rings. The third-order valence-electron chi connectivity index (χ3n) is 4.25. The second kappa shape index (κ2) is 7.36. The van der Waals surface area contributed by atoms with Crippen LogP contribution in [0, 0.1) is 0 Å². The molecule has 1 fully saturated rings. The largest absolute Gasteiger partial charge is 0.480 e. The van der Waals surface area contributed by atoms with Crippen LogP contribution in [0.3, 0.4) is 0 Å². The van der Waals surface area contributed by atoms with E-state index in [1.165, 1.54) is 18.1 Å². The van der Waals surface area contributed by atoms with Crippen LogP contribution >= 0.6 is 0 Å². The summed E-state index contributed by atoms with van der Waals surface area (Å²) in [6.45, 7) is 1.10. The van der Waals surface area contributed by atoms with Crippen LogP contribution in [0.5, 0.6) is 11.8 Å². The first-order valence-corrected chi connectivity index (χ1v) is 8.40. The summed E-state index contributed by atoms with van der Waals surface area (Å²) in [4.78, 5) is 14.6. The number of tetrazole rings is 1. The van der Waals surface area contributed by atoms with E-state index >= 15 is 0 Å². The highest BCUT2D eigenvalue weighted by atomic mass is 16.5. The van der Waals surface area contributed by atoms with Crippen LogP contribution in [0.25, 0.3) is 5.69 Å². The van der Waals surface area contributed by atoms with Crippen molar-refractivity contribution in [2.45, 2.75) is 12.5 Å². The highest BCUT2D eigenvalue weighted by molar-refractivity contribution is 5.95. The van der Waals surface area contributed by atoms with Crippen LogP contribution in [0.2, 0.25) is 0 Å². The lowest BCUT2D eigenvalue weighted by Gasteiger charge is -2.17. The van der Waals surface area contributed by atoms with Crippen molar-refractivity contribution in [1.82, 2.24) is 35.3 Å². The minimum absolute atomic E-state index is 0.0585. The number of benzene rings is 1. The summed E-state index contributed by atoms with van der Waals surface area (Å²) in [7, 11) is 1.53. The maximum Gasteiger partial charge on any atom is 0.254 e. The molecule has 0 bridgehead atoms. The Kier molecular flexibility index (Phi) is 4.60. The number of carbonyl (C=O) groups is 1. The summed E-state index contributed by atoms with van der Waals surface area (Å²) >= 11 is 0. The standard InChI is InChI=1S/C17H17N7O3/c1-26-15-5-6-16(20-19-15)27-14-7-8-23(10-14)17(25)12-3-2-4-13(9-12)24-11-18-21-22-24/h2-6,9,11,14H,7-8,10H2,1H3. The van der Waals surface area contributed by atoms with Gasteiger partial charge in [0.1, 0.15) is 12.4 Å². The number of hydrogen-bond acceptors (Lipinski definition) is 8. The molecule has 1 saturated heterocycles. The van der Waals surface area contributed by atoms with Crippen LogP contribution in [0.15, 0.2) is 42.7 Å². The first-order chi connectivity index (χ1) is 13.2. The molecular formula is C17H17N7O3. The zero-order valence-corrected chi connectivity index (χ0v) is 14.6. The summed E-state index contributed by atoms with van der Waals surface area (Å²) in [5.41, 5.74) is 1.30. The lowest BCUT2D eigenvalue weighted by atomic mass is 10.2. The minimum atomic E-state index is -0.126. The van der Waals surface area contributed by atoms with Gasteiger partial charge in [-0.3, -0.25) is 4.79 Å². The quantitative estimate of drug-likeness (QED) is 0.650. The fourth-order valence-electron chi connectivity index (χ4n) is 2.90. The molecule has 1 atom stereocenters. The normalized spacial score (nSPS) is 16.3. The highest BCUT2D eigenvalue weighted by Crippen LogP contribution is 2.20. The molecule has 1 aromatic carbocycles. The number of nitrogens with zero attached hydrogens (tertiary/aromatic N) is 7. The van der Waals surface area contributed by atoms with Gasteiger partial charge in [-0.1, -0.05) is 6.07 Å². The second-order valence-electron chi connectivity index (χ2n) is 6.00. The van der Waals surface area contributed by atoms with Crippen molar-refractivity contribution in [2.24, 2.45) is 0 Å². The number of hydrogen-bond donors (Lipinski definition) is 0. The smallest absolute Gasteiger partial charge is 0.254 e. The Bertz CT molecular complexity index is 915. The molecule has 3 heterocycles. The SMILES string of the molecule is COc1ccc(OC2CCN(C(=O)c3cccc(-n4cnnn4)c3)C2)nn1. The summed E-state index contributed by atoms with van der Waals surface area (Å²) in [5.74, 6) is 0.778. The van der Waals surface area contributed by atoms with E-state index in [1.54, 1.807) is 35.2 Å². The number of amides is 1. The molecule has 1 amide bonds. The van der Waals surface area contributed by atoms with Gasteiger partial charge < -0.3 is 14.4 Å². The number of likely N-dealkylation sites (tertiary alicyclic amines) is 1. The lowest BCUT2D eigenvalue weighted by Crippen LogP contribution is -2.31. The van der Waals surface area contributed by atoms with Gasteiger partial charge in [0.2, 0.25) is 11.8 Å². The molecule has 0 saturated carbocycles. The monoisotopic (exact) mass is 367 g/mol. The fraction of sp³-hybridized carbons (Fsp3) is 0.294. The molecule has 0 aliphatic carbocycles. The molecule has 2 aromatic heterocycles. The third-order valence-corrected chi connectivity index (χ3v) is 4.25. The Morgan fingerprint density at radius 1 is 1.19 bits per heavy atom. The zero-order valence-electron chi connectivity index (χ0n) is 14.6. The van der Waals surface area contributed by atoms with E-state index in [0.29, 0.717) is 30.4 Å². The first-order valence-electron chi connectivity index (χ1n) is 8.40. The zero-order chi connectivity index (χ0) is 18.6. The number of rotatable bonds is 5. The maximum absolute atomic E-state index is 12.8. The Morgan fingerprint density at radius 3 is 2.78 bits per heavy atom.